The van der Waals surface area contributed by atoms with Gasteiger partial charge in [0.1, 0.15) is 0 Å². The molecule has 20 heavy (non-hydrogen) atoms. The summed E-state index contributed by atoms with van der Waals surface area (Å²) in [5, 5.41) is 11.7. The van der Waals surface area contributed by atoms with Gasteiger partial charge in [-0.05, 0) is 37.0 Å². The average Bonchev–Trinajstić information content (AvgIpc) is 2.39. The van der Waals surface area contributed by atoms with Crippen molar-refractivity contribution in [3.8, 4) is 0 Å². The summed E-state index contributed by atoms with van der Waals surface area (Å²) in [4.78, 5) is 24.7. The Hall–Kier alpha value is -1.75. The second-order valence-electron chi connectivity index (χ2n) is 5.10. The molecule has 2 amide bonds. The number of halogens is 1. The second-order valence-corrected chi connectivity index (χ2v) is 5.51. The fourth-order valence-electron chi connectivity index (χ4n) is 2.18. The minimum absolute atomic E-state index is 0.0245. The SMILES string of the molecule is CC1CCN(C(=O)Nc2ccc(C(=O)O)c(Cl)c2)CC1. The van der Waals surface area contributed by atoms with Gasteiger partial charge in [-0.1, -0.05) is 18.5 Å². The number of likely N-dealkylation sites (tertiary alicyclic amines) is 1. The van der Waals surface area contributed by atoms with Crippen molar-refractivity contribution in [3.63, 3.8) is 0 Å². The normalized spacial score (nSPS) is 16.0. The molecule has 6 heteroatoms. The van der Waals surface area contributed by atoms with Gasteiger partial charge in [0.2, 0.25) is 0 Å². The van der Waals surface area contributed by atoms with Gasteiger partial charge >= 0.3 is 12.0 Å². The van der Waals surface area contributed by atoms with Gasteiger partial charge in [-0.15, -0.1) is 0 Å². The van der Waals surface area contributed by atoms with Crippen molar-refractivity contribution in [2.75, 3.05) is 18.4 Å². The molecule has 0 aliphatic carbocycles. The van der Waals surface area contributed by atoms with Crippen LogP contribution in [0.1, 0.15) is 30.1 Å². The number of carbonyl (C=O) groups excluding carboxylic acids is 1. The molecule has 1 aromatic carbocycles. The van der Waals surface area contributed by atoms with Crippen molar-refractivity contribution in [2.24, 2.45) is 5.92 Å². The molecule has 0 atom stereocenters. The highest BCUT2D eigenvalue weighted by atomic mass is 35.5. The van der Waals surface area contributed by atoms with E-state index in [2.05, 4.69) is 12.2 Å². The Bertz CT molecular complexity index is 525. The highest BCUT2D eigenvalue weighted by Crippen LogP contribution is 2.22. The molecule has 0 aromatic heterocycles. The third-order valence-electron chi connectivity index (χ3n) is 3.52. The standard InChI is InChI=1S/C14H17ClN2O3/c1-9-4-6-17(7-5-9)14(20)16-10-2-3-11(13(18)19)12(15)8-10/h2-3,8-9H,4-7H2,1H3,(H,16,20)(H,18,19). The Balaban J connectivity index is 2.01. The first-order chi connectivity index (χ1) is 9.47. The molecule has 2 rings (SSSR count). The number of carbonyl (C=O) groups is 2. The predicted molar refractivity (Wildman–Crippen MR) is 77.4 cm³/mol. The fourth-order valence-corrected chi connectivity index (χ4v) is 2.44. The van der Waals surface area contributed by atoms with Crippen LogP contribution < -0.4 is 5.32 Å². The molecule has 0 radical (unpaired) electrons. The van der Waals surface area contributed by atoms with Crippen LogP contribution in [0.15, 0.2) is 18.2 Å². The highest BCUT2D eigenvalue weighted by molar-refractivity contribution is 6.33. The molecule has 0 spiro atoms. The van der Waals surface area contributed by atoms with Gasteiger partial charge in [0, 0.05) is 18.8 Å². The van der Waals surface area contributed by atoms with Crippen LogP contribution in [0, 0.1) is 5.92 Å². The van der Waals surface area contributed by atoms with E-state index < -0.39 is 5.97 Å². The number of hydrogen-bond acceptors (Lipinski definition) is 2. The van der Waals surface area contributed by atoms with Crippen molar-refractivity contribution < 1.29 is 14.7 Å². The number of anilines is 1. The maximum absolute atomic E-state index is 12.1. The smallest absolute Gasteiger partial charge is 0.337 e. The van der Waals surface area contributed by atoms with E-state index in [-0.39, 0.29) is 16.6 Å². The molecule has 1 saturated heterocycles. The first-order valence-electron chi connectivity index (χ1n) is 6.56. The first kappa shape index (κ1) is 14.7. The van der Waals surface area contributed by atoms with Gasteiger partial charge in [0.25, 0.3) is 0 Å². The second kappa shape index (κ2) is 6.13. The maximum atomic E-state index is 12.1. The number of urea groups is 1. The van der Waals surface area contributed by atoms with E-state index in [0.29, 0.717) is 11.6 Å². The number of nitrogens with zero attached hydrogens (tertiary/aromatic N) is 1. The van der Waals surface area contributed by atoms with E-state index in [1.807, 2.05) is 0 Å². The number of benzene rings is 1. The van der Waals surface area contributed by atoms with Crippen molar-refractivity contribution >= 4 is 29.3 Å². The number of piperidine rings is 1. The Morgan fingerprint density at radius 2 is 2.00 bits per heavy atom. The topological polar surface area (TPSA) is 69.6 Å². The van der Waals surface area contributed by atoms with Gasteiger partial charge in [-0.25, -0.2) is 9.59 Å². The van der Waals surface area contributed by atoms with E-state index in [1.54, 1.807) is 11.0 Å². The summed E-state index contributed by atoms with van der Waals surface area (Å²) in [7, 11) is 0. The third-order valence-corrected chi connectivity index (χ3v) is 3.83. The molecule has 1 heterocycles. The molecule has 1 aromatic rings. The Labute approximate surface area is 122 Å². The van der Waals surface area contributed by atoms with Gasteiger partial charge in [0.15, 0.2) is 0 Å². The Morgan fingerprint density at radius 1 is 1.35 bits per heavy atom. The predicted octanol–water partition coefficient (Wildman–Crippen LogP) is 3.30. The molecule has 0 bridgehead atoms. The number of hydrogen-bond donors (Lipinski definition) is 2. The molecule has 1 aliphatic heterocycles. The molecular formula is C14H17ClN2O3. The van der Waals surface area contributed by atoms with E-state index >= 15 is 0 Å². The number of nitrogens with one attached hydrogen (secondary N) is 1. The van der Waals surface area contributed by atoms with E-state index in [9.17, 15) is 9.59 Å². The van der Waals surface area contributed by atoms with Crippen LogP contribution in [0.5, 0.6) is 0 Å². The Morgan fingerprint density at radius 3 is 2.55 bits per heavy atom. The van der Waals surface area contributed by atoms with Crippen LogP contribution in [-0.4, -0.2) is 35.1 Å². The van der Waals surface area contributed by atoms with E-state index in [4.69, 9.17) is 16.7 Å². The van der Waals surface area contributed by atoms with Crippen molar-refractivity contribution in [3.05, 3.63) is 28.8 Å². The van der Waals surface area contributed by atoms with Gasteiger partial charge in [-0.3, -0.25) is 0 Å². The average molecular weight is 297 g/mol. The van der Waals surface area contributed by atoms with Crippen LogP contribution in [0.2, 0.25) is 5.02 Å². The molecule has 5 nitrogen and oxygen atoms in total. The van der Waals surface area contributed by atoms with Gasteiger partial charge < -0.3 is 15.3 Å². The lowest BCUT2D eigenvalue weighted by Crippen LogP contribution is -2.40. The largest absolute Gasteiger partial charge is 0.478 e. The summed E-state index contributed by atoms with van der Waals surface area (Å²) in [5.41, 5.74) is 0.528. The quantitative estimate of drug-likeness (QED) is 0.879. The zero-order valence-electron chi connectivity index (χ0n) is 11.2. The van der Waals surface area contributed by atoms with E-state index in [0.717, 1.165) is 25.9 Å². The van der Waals surface area contributed by atoms with Crippen molar-refractivity contribution in [1.82, 2.24) is 4.90 Å². The molecule has 0 saturated carbocycles. The van der Waals surface area contributed by atoms with Crippen LogP contribution >= 0.6 is 11.6 Å². The molecule has 2 N–H and O–H groups in total. The maximum Gasteiger partial charge on any atom is 0.337 e. The van der Waals surface area contributed by atoms with Crippen LogP contribution in [0.4, 0.5) is 10.5 Å². The Kier molecular flexibility index (Phi) is 4.49. The zero-order valence-corrected chi connectivity index (χ0v) is 12.0. The first-order valence-corrected chi connectivity index (χ1v) is 6.94. The lowest BCUT2D eigenvalue weighted by atomic mass is 10.00. The molecule has 1 fully saturated rings. The summed E-state index contributed by atoms with van der Waals surface area (Å²) < 4.78 is 0. The van der Waals surface area contributed by atoms with Crippen molar-refractivity contribution in [1.29, 1.82) is 0 Å². The lowest BCUT2D eigenvalue weighted by molar-refractivity contribution is 0.0697. The molecular weight excluding hydrogens is 280 g/mol. The number of carboxylic acid groups (broad SMARTS) is 1. The minimum atomic E-state index is -1.09. The summed E-state index contributed by atoms with van der Waals surface area (Å²) in [5.74, 6) is -0.429. The minimum Gasteiger partial charge on any atom is -0.478 e. The summed E-state index contributed by atoms with van der Waals surface area (Å²) in [6.07, 6.45) is 2.01. The number of carboxylic acids is 1. The van der Waals surface area contributed by atoms with Crippen LogP contribution in [0.3, 0.4) is 0 Å². The van der Waals surface area contributed by atoms with Crippen LogP contribution in [-0.2, 0) is 0 Å². The summed E-state index contributed by atoms with van der Waals surface area (Å²) >= 11 is 5.87. The molecule has 1 aliphatic rings. The fraction of sp³-hybridized carbons (Fsp3) is 0.429. The van der Waals surface area contributed by atoms with E-state index in [1.165, 1.54) is 12.1 Å². The van der Waals surface area contributed by atoms with Gasteiger partial charge in [-0.2, -0.15) is 0 Å². The lowest BCUT2D eigenvalue weighted by Gasteiger charge is -2.30. The molecule has 108 valence electrons. The number of rotatable bonds is 2. The molecule has 0 unspecified atom stereocenters. The van der Waals surface area contributed by atoms with Crippen LogP contribution in [0.25, 0.3) is 0 Å². The summed E-state index contributed by atoms with van der Waals surface area (Å²) in [6, 6.07) is 4.21. The van der Waals surface area contributed by atoms with Crippen molar-refractivity contribution in [2.45, 2.75) is 19.8 Å². The monoisotopic (exact) mass is 296 g/mol. The number of amides is 2. The van der Waals surface area contributed by atoms with Gasteiger partial charge in [0.05, 0.1) is 10.6 Å². The number of aromatic carboxylic acids is 1. The third kappa shape index (κ3) is 3.42. The zero-order chi connectivity index (χ0) is 14.7. The summed E-state index contributed by atoms with van der Waals surface area (Å²) in [6.45, 7) is 3.67. The highest BCUT2D eigenvalue weighted by Gasteiger charge is 2.20.